The lowest BCUT2D eigenvalue weighted by molar-refractivity contribution is -0.155. The van der Waals surface area contributed by atoms with Gasteiger partial charge in [-0.3, -0.25) is 9.59 Å². The first kappa shape index (κ1) is 16.0. The Labute approximate surface area is 115 Å². The number of carbonyl (C=O) groups is 2. The van der Waals surface area contributed by atoms with Gasteiger partial charge in [0.25, 0.3) is 0 Å². The molecule has 0 aromatic carbocycles. The minimum Gasteiger partial charge on any atom is -0.377 e. The molecule has 0 aromatic rings. The van der Waals surface area contributed by atoms with Crippen LogP contribution in [0.4, 0.5) is 0 Å². The minimum atomic E-state index is -0.735. The summed E-state index contributed by atoms with van der Waals surface area (Å²) >= 11 is 0. The maximum atomic E-state index is 12.6. The highest BCUT2D eigenvalue weighted by molar-refractivity contribution is 5.99. The van der Waals surface area contributed by atoms with Crippen molar-refractivity contribution in [3.8, 4) is 0 Å². The summed E-state index contributed by atoms with van der Waals surface area (Å²) < 4.78 is 5.49. The predicted molar refractivity (Wildman–Crippen MR) is 73.7 cm³/mol. The van der Waals surface area contributed by atoms with Crippen molar-refractivity contribution in [1.82, 2.24) is 10.2 Å². The molecule has 0 radical (unpaired) electrons. The second-order valence-electron chi connectivity index (χ2n) is 5.37. The summed E-state index contributed by atoms with van der Waals surface area (Å²) in [6.45, 7) is 10.5. The molecule has 5 nitrogen and oxygen atoms in total. The van der Waals surface area contributed by atoms with Gasteiger partial charge in [-0.15, -0.1) is 0 Å². The first-order valence-electron chi connectivity index (χ1n) is 7.12. The summed E-state index contributed by atoms with van der Waals surface area (Å²) in [7, 11) is 0. The van der Waals surface area contributed by atoms with Gasteiger partial charge in [-0.25, -0.2) is 0 Å². The van der Waals surface area contributed by atoms with Crippen molar-refractivity contribution in [3.05, 3.63) is 0 Å². The van der Waals surface area contributed by atoms with Crippen LogP contribution in [0.1, 0.15) is 47.5 Å². The van der Waals surface area contributed by atoms with E-state index in [1.54, 1.807) is 11.8 Å². The number of nitrogens with zero attached hydrogens (tertiary/aromatic N) is 1. The number of hydrogen-bond donors (Lipinski definition) is 1. The summed E-state index contributed by atoms with van der Waals surface area (Å²) in [6, 6.07) is -0.422. The van der Waals surface area contributed by atoms with Crippen LogP contribution < -0.4 is 5.32 Å². The van der Waals surface area contributed by atoms with Crippen LogP contribution in [0.2, 0.25) is 0 Å². The third-order valence-corrected chi connectivity index (χ3v) is 3.87. The molecule has 1 N–H and O–H groups in total. The van der Waals surface area contributed by atoms with E-state index >= 15 is 0 Å². The average Bonchev–Trinajstić information content (AvgIpc) is 2.38. The van der Waals surface area contributed by atoms with Crippen LogP contribution in [0.25, 0.3) is 0 Å². The Kier molecular flexibility index (Phi) is 5.35. The Morgan fingerprint density at radius 3 is 2.37 bits per heavy atom. The Balaban J connectivity index is 2.81. The maximum Gasteiger partial charge on any atom is 0.249 e. The Morgan fingerprint density at radius 1 is 1.32 bits per heavy atom. The zero-order chi connectivity index (χ0) is 14.6. The third kappa shape index (κ3) is 3.26. The maximum absolute atomic E-state index is 12.6. The lowest BCUT2D eigenvalue weighted by Gasteiger charge is -2.44. The fourth-order valence-corrected chi connectivity index (χ4v) is 2.40. The van der Waals surface area contributed by atoms with Gasteiger partial charge in [0, 0.05) is 6.54 Å². The van der Waals surface area contributed by atoms with Gasteiger partial charge >= 0.3 is 0 Å². The number of hydrogen-bond acceptors (Lipinski definition) is 3. The van der Waals surface area contributed by atoms with Crippen LogP contribution in [-0.2, 0) is 14.3 Å². The highest BCUT2D eigenvalue weighted by Gasteiger charge is 2.47. The fraction of sp³-hybridized carbons (Fsp3) is 0.857. The van der Waals surface area contributed by atoms with Crippen molar-refractivity contribution in [3.63, 3.8) is 0 Å². The Morgan fingerprint density at radius 2 is 1.89 bits per heavy atom. The molecule has 0 aliphatic carbocycles. The molecule has 0 spiro atoms. The monoisotopic (exact) mass is 270 g/mol. The molecule has 1 fully saturated rings. The van der Waals surface area contributed by atoms with E-state index in [9.17, 15) is 9.59 Å². The van der Waals surface area contributed by atoms with Gasteiger partial charge in [-0.1, -0.05) is 13.8 Å². The molecule has 0 saturated carbocycles. The molecule has 0 bridgehead atoms. The van der Waals surface area contributed by atoms with Gasteiger partial charge in [-0.2, -0.15) is 0 Å². The normalized spacial score (nSPS) is 22.8. The van der Waals surface area contributed by atoms with E-state index in [2.05, 4.69) is 5.32 Å². The van der Waals surface area contributed by atoms with Crippen molar-refractivity contribution >= 4 is 11.8 Å². The Hall–Kier alpha value is -1.10. The van der Waals surface area contributed by atoms with E-state index in [1.807, 2.05) is 27.7 Å². The van der Waals surface area contributed by atoms with Crippen LogP contribution in [0.3, 0.4) is 0 Å². The molecule has 1 aliphatic rings. The number of rotatable bonds is 6. The van der Waals surface area contributed by atoms with E-state index in [-0.39, 0.29) is 17.9 Å². The van der Waals surface area contributed by atoms with Crippen molar-refractivity contribution in [2.24, 2.45) is 0 Å². The molecule has 19 heavy (non-hydrogen) atoms. The lowest BCUT2D eigenvalue weighted by atomic mass is 9.87. The molecule has 2 amide bonds. The van der Waals surface area contributed by atoms with Crippen molar-refractivity contribution in [1.29, 1.82) is 0 Å². The van der Waals surface area contributed by atoms with Crippen LogP contribution in [0, 0.1) is 0 Å². The molecule has 5 heteroatoms. The van der Waals surface area contributed by atoms with Gasteiger partial charge < -0.3 is 15.0 Å². The SMILES string of the molecule is CCC1(CC)NC(=O)C(C)N(CCOC(C)C)C1=O. The van der Waals surface area contributed by atoms with E-state index in [4.69, 9.17) is 4.74 Å². The van der Waals surface area contributed by atoms with Crippen LogP contribution in [-0.4, -0.2) is 47.6 Å². The molecule has 110 valence electrons. The lowest BCUT2D eigenvalue weighted by Crippen LogP contribution is -2.69. The first-order chi connectivity index (χ1) is 8.88. The molecular weight excluding hydrogens is 244 g/mol. The van der Waals surface area contributed by atoms with Crippen molar-refractivity contribution in [2.45, 2.75) is 65.1 Å². The number of carbonyl (C=O) groups excluding carboxylic acids is 2. The van der Waals surface area contributed by atoms with Gasteiger partial charge in [0.2, 0.25) is 11.8 Å². The number of ether oxygens (including phenoxy) is 1. The van der Waals surface area contributed by atoms with Crippen molar-refractivity contribution < 1.29 is 14.3 Å². The number of amides is 2. The van der Waals surface area contributed by atoms with Crippen LogP contribution in [0.5, 0.6) is 0 Å². The molecule has 1 rings (SSSR count). The first-order valence-corrected chi connectivity index (χ1v) is 7.12. The smallest absolute Gasteiger partial charge is 0.249 e. The van der Waals surface area contributed by atoms with Gasteiger partial charge in [-0.05, 0) is 33.6 Å². The average molecular weight is 270 g/mol. The second kappa shape index (κ2) is 6.37. The fourth-order valence-electron chi connectivity index (χ4n) is 2.40. The standard InChI is InChI=1S/C14H26N2O3/c1-6-14(7-2)13(18)16(8-9-19-10(3)4)11(5)12(17)15-14/h10-11H,6-9H2,1-5H3,(H,15,17). The van der Waals surface area contributed by atoms with E-state index in [0.717, 1.165) is 0 Å². The molecule has 1 aliphatic heterocycles. The zero-order valence-electron chi connectivity index (χ0n) is 12.7. The molecule has 1 saturated heterocycles. The molecule has 0 aromatic heterocycles. The summed E-state index contributed by atoms with van der Waals surface area (Å²) in [6.07, 6.45) is 1.36. The van der Waals surface area contributed by atoms with E-state index in [0.29, 0.717) is 26.0 Å². The van der Waals surface area contributed by atoms with Crippen LogP contribution in [0.15, 0.2) is 0 Å². The summed E-state index contributed by atoms with van der Waals surface area (Å²) in [5, 5.41) is 2.89. The summed E-state index contributed by atoms with van der Waals surface area (Å²) in [5.74, 6) is -0.0650. The quantitative estimate of drug-likeness (QED) is 0.792. The molecule has 1 atom stereocenters. The summed E-state index contributed by atoms with van der Waals surface area (Å²) in [5.41, 5.74) is -0.735. The molecule has 1 unspecified atom stereocenters. The van der Waals surface area contributed by atoms with Crippen LogP contribution >= 0.6 is 0 Å². The van der Waals surface area contributed by atoms with Gasteiger partial charge in [0.1, 0.15) is 11.6 Å². The predicted octanol–water partition coefficient (Wildman–Crippen LogP) is 1.32. The minimum absolute atomic E-state index is 0.0111. The second-order valence-corrected chi connectivity index (χ2v) is 5.37. The molecular formula is C14H26N2O3. The van der Waals surface area contributed by atoms with Crippen molar-refractivity contribution in [2.75, 3.05) is 13.2 Å². The van der Waals surface area contributed by atoms with Gasteiger partial charge in [0.05, 0.1) is 12.7 Å². The number of nitrogens with one attached hydrogen (secondary N) is 1. The zero-order valence-corrected chi connectivity index (χ0v) is 12.7. The van der Waals surface area contributed by atoms with E-state index < -0.39 is 11.6 Å². The topological polar surface area (TPSA) is 58.6 Å². The van der Waals surface area contributed by atoms with E-state index in [1.165, 1.54) is 0 Å². The third-order valence-electron chi connectivity index (χ3n) is 3.87. The largest absolute Gasteiger partial charge is 0.377 e. The highest BCUT2D eigenvalue weighted by atomic mass is 16.5. The summed E-state index contributed by atoms with van der Waals surface area (Å²) in [4.78, 5) is 26.3. The Bertz CT molecular complexity index is 338. The number of piperazine rings is 1. The molecule has 1 heterocycles. The van der Waals surface area contributed by atoms with Gasteiger partial charge in [0.15, 0.2) is 0 Å². The highest BCUT2D eigenvalue weighted by Crippen LogP contribution is 2.24.